The lowest BCUT2D eigenvalue weighted by molar-refractivity contribution is 0.609. The van der Waals surface area contributed by atoms with Crippen LogP contribution in [0.2, 0.25) is 0 Å². The molecule has 3 rings (SSSR count). The monoisotopic (exact) mass is 370 g/mol. The number of nitrogens with one attached hydrogen (secondary N) is 1. The van der Waals surface area contributed by atoms with Gasteiger partial charge in [0.05, 0.1) is 21.8 Å². The van der Waals surface area contributed by atoms with E-state index in [1.807, 2.05) is 55.6 Å². The van der Waals surface area contributed by atoms with Crippen LogP contribution in [0.4, 0.5) is 5.69 Å². The molecule has 0 saturated heterocycles. The minimum absolute atomic E-state index is 0.515. The molecule has 0 amide bonds. The van der Waals surface area contributed by atoms with Crippen molar-refractivity contribution in [2.24, 2.45) is 0 Å². The summed E-state index contributed by atoms with van der Waals surface area (Å²) in [5.74, 6) is 0. The number of para-hydroxylation sites is 1. The Morgan fingerprint density at radius 2 is 1.76 bits per heavy atom. The molecule has 1 N–H and O–H groups in total. The van der Waals surface area contributed by atoms with Crippen LogP contribution < -0.4 is 4.72 Å². The molecule has 2 aromatic carbocycles. The Bertz CT molecular complexity index is 1000. The maximum Gasteiger partial charge on any atom is 0.255 e. The topological polar surface area (TPSA) is 59.1 Å². The molecule has 25 heavy (non-hydrogen) atoms. The van der Waals surface area contributed by atoms with Crippen LogP contribution in [0, 0.1) is 13.8 Å². The summed E-state index contributed by atoms with van der Waals surface area (Å²) in [6, 6.07) is 14.9. The van der Waals surface area contributed by atoms with Crippen molar-refractivity contribution in [3.63, 3.8) is 0 Å². The van der Waals surface area contributed by atoms with Crippen molar-refractivity contribution in [1.29, 1.82) is 0 Å². The number of hydrogen-bond donors (Lipinski definition) is 1. The lowest BCUT2D eigenvalue weighted by Gasteiger charge is -2.09. The summed E-state index contributed by atoms with van der Waals surface area (Å²) in [6.07, 6.45) is 1.58. The second-order valence-electron chi connectivity index (χ2n) is 5.66. The Kier molecular flexibility index (Phi) is 5.01. The smallest absolute Gasteiger partial charge is 0.255 e. The van der Waals surface area contributed by atoms with E-state index >= 15 is 0 Å². The van der Waals surface area contributed by atoms with Crippen LogP contribution in [0.25, 0.3) is 17.3 Å². The number of anilines is 1. The van der Waals surface area contributed by atoms with Gasteiger partial charge in [-0.25, -0.2) is 13.4 Å². The second kappa shape index (κ2) is 7.21. The van der Waals surface area contributed by atoms with Gasteiger partial charge < -0.3 is 0 Å². The molecule has 0 aliphatic rings. The van der Waals surface area contributed by atoms with Gasteiger partial charge in [-0.05, 0) is 31.6 Å². The summed E-state index contributed by atoms with van der Waals surface area (Å²) in [5, 5.41) is 4.04. The van der Waals surface area contributed by atoms with Crippen molar-refractivity contribution in [1.82, 2.24) is 4.98 Å². The Balaban J connectivity index is 1.85. The molecule has 0 saturated carbocycles. The lowest BCUT2D eigenvalue weighted by atomic mass is 10.1. The lowest BCUT2D eigenvalue weighted by Crippen LogP contribution is -2.09. The first-order valence-corrected chi connectivity index (χ1v) is 10.1. The van der Waals surface area contributed by atoms with Crippen LogP contribution in [0.1, 0.15) is 16.1 Å². The van der Waals surface area contributed by atoms with Gasteiger partial charge in [-0.1, -0.05) is 48.0 Å². The molecule has 4 nitrogen and oxygen atoms in total. The summed E-state index contributed by atoms with van der Waals surface area (Å²) < 4.78 is 27.5. The fourth-order valence-corrected chi connectivity index (χ4v) is 3.82. The summed E-state index contributed by atoms with van der Waals surface area (Å²) in [4.78, 5) is 4.44. The molecule has 0 aliphatic carbocycles. The molecule has 0 radical (unpaired) electrons. The number of rotatable bonds is 5. The summed E-state index contributed by atoms with van der Waals surface area (Å²) in [6.45, 7) is 3.91. The van der Waals surface area contributed by atoms with Gasteiger partial charge in [0.15, 0.2) is 0 Å². The summed E-state index contributed by atoms with van der Waals surface area (Å²) in [7, 11) is -3.62. The van der Waals surface area contributed by atoms with E-state index in [4.69, 9.17) is 0 Å². The zero-order chi connectivity index (χ0) is 17.9. The van der Waals surface area contributed by atoms with E-state index in [1.54, 1.807) is 18.2 Å². The molecule has 6 heteroatoms. The Hall–Kier alpha value is -2.44. The predicted molar refractivity (Wildman–Crippen MR) is 105 cm³/mol. The molecule has 128 valence electrons. The van der Waals surface area contributed by atoms with E-state index in [0.717, 1.165) is 27.4 Å². The zero-order valence-corrected chi connectivity index (χ0v) is 15.6. The molecule has 0 aliphatic heterocycles. The van der Waals surface area contributed by atoms with Gasteiger partial charge in [-0.2, -0.15) is 0 Å². The molecule has 0 bridgehead atoms. The molecule has 0 unspecified atom stereocenters. The maximum absolute atomic E-state index is 12.4. The first-order chi connectivity index (χ1) is 11.9. The van der Waals surface area contributed by atoms with Gasteiger partial charge in [0.1, 0.15) is 0 Å². The highest BCUT2D eigenvalue weighted by molar-refractivity contribution is 7.95. The number of sulfonamides is 1. The number of nitrogens with zero attached hydrogens (tertiary/aromatic N) is 1. The van der Waals surface area contributed by atoms with Crippen molar-refractivity contribution >= 4 is 33.1 Å². The average Bonchev–Trinajstić information content (AvgIpc) is 3.01. The number of aryl methyl sites for hydroxylation is 2. The highest BCUT2D eigenvalue weighted by atomic mass is 32.2. The third-order valence-electron chi connectivity index (χ3n) is 3.59. The summed E-state index contributed by atoms with van der Waals surface area (Å²) in [5.41, 5.74) is 4.01. The SMILES string of the molecule is Cc1ccc(C=CS(=O)(=O)Nc2ccccc2-c2csc(C)n2)cc1. The maximum atomic E-state index is 12.4. The van der Waals surface area contributed by atoms with Gasteiger partial charge in [-0.3, -0.25) is 4.72 Å². The highest BCUT2D eigenvalue weighted by Crippen LogP contribution is 2.29. The van der Waals surface area contributed by atoms with Crippen molar-refractivity contribution in [2.45, 2.75) is 13.8 Å². The van der Waals surface area contributed by atoms with Crippen LogP contribution in [0.15, 0.2) is 59.3 Å². The standard InChI is InChI=1S/C19H18N2O2S2/c1-14-7-9-16(10-8-14)11-12-25(22,23)21-18-6-4-3-5-17(18)19-13-24-15(2)20-19/h3-13,21H,1-2H3. The highest BCUT2D eigenvalue weighted by Gasteiger charge is 2.12. The average molecular weight is 370 g/mol. The minimum Gasteiger partial charge on any atom is -0.279 e. The van der Waals surface area contributed by atoms with E-state index in [2.05, 4.69) is 9.71 Å². The number of aromatic nitrogens is 1. The normalized spacial score (nSPS) is 11.8. The summed E-state index contributed by atoms with van der Waals surface area (Å²) >= 11 is 1.53. The van der Waals surface area contributed by atoms with E-state index in [-0.39, 0.29) is 0 Å². The van der Waals surface area contributed by atoms with Crippen LogP contribution in [-0.2, 0) is 10.0 Å². The van der Waals surface area contributed by atoms with E-state index in [9.17, 15) is 8.42 Å². The van der Waals surface area contributed by atoms with Crippen molar-refractivity contribution < 1.29 is 8.42 Å². The predicted octanol–water partition coefficient (Wildman–Crippen LogP) is 4.84. The third kappa shape index (κ3) is 4.55. The molecular weight excluding hydrogens is 352 g/mol. The van der Waals surface area contributed by atoms with E-state index in [1.165, 1.54) is 16.7 Å². The van der Waals surface area contributed by atoms with Gasteiger partial charge in [-0.15, -0.1) is 11.3 Å². The van der Waals surface area contributed by atoms with Crippen LogP contribution >= 0.6 is 11.3 Å². The van der Waals surface area contributed by atoms with Crippen molar-refractivity contribution in [2.75, 3.05) is 4.72 Å². The first kappa shape index (κ1) is 17.4. The zero-order valence-electron chi connectivity index (χ0n) is 13.9. The molecule has 0 spiro atoms. The van der Waals surface area contributed by atoms with Crippen LogP contribution in [0.3, 0.4) is 0 Å². The van der Waals surface area contributed by atoms with Crippen LogP contribution in [0.5, 0.6) is 0 Å². The Labute approximate surface area is 151 Å². The van der Waals surface area contributed by atoms with Gasteiger partial charge in [0.2, 0.25) is 0 Å². The van der Waals surface area contributed by atoms with E-state index < -0.39 is 10.0 Å². The van der Waals surface area contributed by atoms with Crippen LogP contribution in [-0.4, -0.2) is 13.4 Å². The number of hydrogen-bond acceptors (Lipinski definition) is 4. The molecule has 1 aromatic heterocycles. The van der Waals surface area contributed by atoms with Crippen molar-refractivity contribution in [3.05, 3.63) is 75.5 Å². The largest absolute Gasteiger partial charge is 0.279 e. The quantitative estimate of drug-likeness (QED) is 0.699. The third-order valence-corrected chi connectivity index (χ3v) is 5.36. The second-order valence-corrected chi connectivity index (χ2v) is 8.29. The fraction of sp³-hybridized carbons (Fsp3) is 0.105. The molecule has 0 atom stereocenters. The number of thiazole rings is 1. The van der Waals surface area contributed by atoms with E-state index in [0.29, 0.717) is 5.69 Å². The minimum atomic E-state index is -3.62. The Morgan fingerprint density at radius 3 is 2.44 bits per heavy atom. The van der Waals surface area contributed by atoms with Gasteiger partial charge >= 0.3 is 0 Å². The molecular formula is C19H18N2O2S2. The molecule has 1 heterocycles. The fourth-order valence-electron chi connectivity index (χ4n) is 2.32. The van der Waals surface area contributed by atoms with Gasteiger partial charge in [0, 0.05) is 10.9 Å². The van der Waals surface area contributed by atoms with Crippen molar-refractivity contribution in [3.8, 4) is 11.3 Å². The molecule has 3 aromatic rings. The first-order valence-electron chi connectivity index (χ1n) is 7.72. The molecule has 0 fully saturated rings. The van der Waals surface area contributed by atoms with Gasteiger partial charge in [0.25, 0.3) is 10.0 Å². The Morgan fingerprint density at radius 1 is 1.04 bits per heavy atom. The number of benzene rings is 2.